The topological polar surface area (TPSA) is 208 Å². The summed E-state index contributed by atoms with van der Waals surface area (Å²) in [4.78, 5) is 60.6. The summed E-state index contributed by atoms with van der Waals surface area (Å²) < 4.78 is 1.10. The fraction of sp³-hybridized carbons (Fsp3) is 0.217. The van der Waals surface area contributed by atoms with E-state index in [2.05, 4.69) is 31.4 Å². The predicted molar refractivity (Wildman–Crippen MR) is 157 cm³/mol. The Hall–Kier alpha value is -2.32. The second-order valence-electron chi connectivity index (χ2n) is 8.45. The SMILES string of the molecule is CO/N=C(\C(=O)N[C@@H]1C(=O)N2C(C(=O)[O-])=C(CSc3cc(=O)c4cc(O)c(O)c(Br)c4s3)CS[C@H]12)c1csc(N)n1.[Na+]. The molecule has 2 aliphatic heterocycles. The van der Waals surface area contributed by atoms with Crippen molar-refractivity contribution in [3.8, 4) is 11.5 Å². The molecule has 1 aromatic carbocycles. The molecule has 0 aliphatic carbocycles. The standard InChI is InChI=1S/C23H18BrN5O8S4.Na/c1-37-28-14(9-6-40-23(25)26-9)19(33)27-15-20(34)29-16(22(35)36)7(5-39-21(15)29)4-38-12-3-10(30)8-2-11(31)17(32)13(24)18(8)41-12;/h2-3,6,15,21,31-32H,4-5H2,1H3,(H2,25,26)(H,27,33)(H,35,36);/q;+1/p-1/b28-14-;/t15-,21-;/m1./s1. The number of amides is 2. The molecule has 13 nitrogen and oxygen atoms in total. The van der Waals surface area contributed by atoms with Gasteiger partial charge in [-0.1, -0.05) is 5.16 Å². The van der Waals surface area contributed by atoms with Crippen molar-refractivity contribution >= 4 is 101 Å². The van der Waals surface area contributed by atoms with E-state index in [1.165, 1.54) is 59.5 Å². The Morgan fingerprint density at radius 3 is 2.74 bits per heavy atom. The normalized spacial score (nSPS) is 18.3. The largest absolute Gasteiger partial charge is 1.00 e. The Balaban J connectivity index is 0.00000405. The first kappa shape index (κ1) is 32.6. The van der Waals surface area contributed by atoms with E-state index in [4.69, 9.17) is 10.6 Å². The van der Waals surface area contributed by atoms with Gasteiger partial charge in [-0.2, -0.15) is 0 Å². The number of β-lactam (4-membered cyclic amide) rings is 1. The molecule has 214 valence electrons. The maximum atomic E-state index is 13.0. The van der Waals surface area contributed by atoms with Crippen molar-refractivity contribution < 1.29 is 64.1 Å². The monoisotopic (exact) mass is 721 g/mol. The van der Waals surface area contributed by atoms with Crippen LogP contribution >= 0.6 is 62.1 Å². The van der Waals surface area contributed by atoms with E-state index in [1.807, 2.05) is 0 Å². The van der Waals surface area contributed by atoms with Crippen LogP contribution in [0.25, 0.3) is 10.1 Å². The van der Waals surface area contributed by atoms with E-state index >= 15 is 0 Å². The van der Waals surface area contributed by atoms with E-state index in [-0.39, 0.29) is 73.2 Å². The van der Waals surface area contributed by atoms with Crippen LogP contribution in [0.1, 0.15) is 5.69 Å². The molecule has 5 rings (SSSR count). The number of thioether (sulfide) groups is 2. The molecule has 42 heavy (non-hydrogen) atoms. The van der Waals surface area contributed by atoms with Crippen molar-refractivity contribution in [3.05, 3.63) is 49.2 Å². The first-order chi connectivity index (χ1) is 19.5. The number of fused-ring (bicyclic) bond motifs is 2. The molecule has 1 saturated heterocycles. The van der Waals surface area contributed by atoms with Gasteiger partial charge in [-0.15, -0.1) is 46.2 Å². The fourth-order valence-electron chi connectivity index (χ4n) is 4.12. The molecule has 19 heteroatoms. The minimum Gasteiger partial charge on any atom is -0.543 e. The number of nitrogen functional groups attached to an aromatic ring is 1. The number of aliphatic carboxylic acids is 1. The number of thiazole rings is 1. The second-order valence-corrected chi connectivity index (χ2v) is 13.6. The van der Waals surface area contributed by atoms with E-state index in [1.54, 1.807) is 0 Å². The Bertz CT molecular complexity index is 1750. The number of aromatic hydroxyl groups is 2. The summed E-state index contributed by atoms with van der Waals surface area (Å²) in [5.41, 5.74) is 5.34. The molecular weight excluding hydrogens is 705 g/mol. The number of halogens is 1. The van der Waals surface area contributed by atoms with Crippen molar-refractivity contribution in [1.29, 1.82) is 0 Å². The number of phenolic OH excluding ortho intramolecular Hbond substituents is 2. The predicted octanol–water partition coefficient (Wildman–Crippen LogP) is -1.98. The van der Waals surface area contributed by atoms with Gasteiger partial charge in [0.1, 0.15) is 24.2 Å². The summed E-state index contributed by atoms with van der Waals surface area (Å²) >= 11 is 7.91. The number of nitrogens with two attached hydrogens (primary N) is 1. The Kier molecular flexibility index (Phi) is 10.2. The zero-order chi connectivity index (χ0) is 29.6. The molecule has 2 aromatic heterocycles. The number of aromatic nitrogens is 1. The molecule has 3 aromatic rings. The summed E-state index contributed by atoms with van der Waals surface area (Å²) in [7, 11) is 1.25. The molecule has 0 radical (unpaired) electrons. The number of nitrogens with one attached hydrogen (secondary N) is 1. The summed E-state index contributed by atoms with van der Waals surface area (Å²) in [6, 6.07) is 1.51. The molecule has 0 unspecified atom stereocenters. The van der Waals surface area contributed by atoms with Crippen molar-refractivity contribution in [2.75, 3.05) is 24.3 Å². The third-order valence-electron chi connectivity index (χ3n) is 5.97. The van der Waals surface area contributed by atoms with Crippen LogP contribution in [0.15, 0.2) is 47.4 Å². The van der Waals surface area contributed by atoms with Crippen LogP contribution in [0.5, 0.6) is 11.5 Å². The van der Waals surface area contributed by atoms with E-state index in [9.17, 15) is 34.5 Å². The maximum Gasteiger partial charge on any atom is 1.00 e. The summed E-state index contributed by atoms with van der Waals surface area (Å²) in [5.74, 6) is -3.41. The van der Waals surface area contributed by atoms with Crippen molar-refractivity contribution in [2.45, 2.75) is 15.6 Å². The third kappa shape index (κ3) is 6.03. The van der Waals surface area contributed by atoms with Gasteiger partial charge >= 0.3 is 29.6 Å². The van der Waals surface area contributed by atoms with E-state index < -0.39 is 46.1 Å². The molecule has 5 N–H and O–H groups in total. The van der Waals surface area contributed by atoms with Gasteiger partial charge < -0.3 is 36.0 Å². The van der Waals surface area contributed by atoms with Gasteiger partial charge in [-0.25, -0.2) is 4.98 Å². The number of oxime groups is 1. The number of phenols is 2. The van der Waals surface area contributed by atoms with Gasteiger partial charge in [0.05, 0.1) is 25.0 Å². The van der Waals surface area contributed by atoms with Crippen LogP contribution in [-0.4, -0.2) is 73.6 Å². The second kappa shape index (κ2) is 13.1. The summed E-state index contributed by atoms with van der Waals surface area (Å²) in [6.45, 7) is 0. The van der Waals surface area contributed by atoms with E-state index in [0.717, 1.165) is 16.2 Å². The molecular formula is C23H17BrN5NaO8S4. The third-order valence-corrected chi connectivity index (χ3v) is 11.5. The zero-order valence-corrected chi connectivity index (χ0v) is 28.4. The van der Waals surface area contributed by atoms with Crippen LogP contribution in [-0.2, 0) is 19.2 Å². The number of carboxylic acids is 1. The van der Waals surface area contributed by atoms with Crippen LogP contribution in [0.4, 0.5) is 5.13 Å². The minimum atomic E-state index is -1.54. The van der Waals surface area contributed by atoms with Crippen molar-refractivity contribution in [2.24, 2.45) is 5.16 Å². The number of nitrogens with zero attached hydrogens (tertiary/aromatic N) is 3. The first-order valence-corrected chi connectivity index (χ1v) is 15.9. The Labute approximate surface area is 283 Å². The molecule has 2 aliphatic rings. The number of carbonyl (C=O) groups is 3. The molecule has 4 heterocycles. The number of rotatable bonds is 8. The van der Waals surface area contributed by atoms with Crippen LogP contribution in [0.3, 0.4) is 0 Å². The van der Waals surface area contributed by atoms with Crippen molar-refractivity contribution in [1.82, 2.24) is 15.2 Å². The van der Waals surface area contributed by atoms with Crippen LogP contribution < -0.4 is 51.1 Å². The quantitative estimate of drug-likeness (QED) is 0.0499. The van der Waals surface area contributed by atoms with Crippen LogP contribution in [0.2, 0.25) is 0 Å². The van der Waals surface area contributed by atoms with Gasteiger partial charge in [0.2, 0.25) is 0 Å². The molecule has 0 spiro atoms. The van der Waals surface area contributed by atoms with Gasteiger partial charge in [0, 0.05) is 28.3 Å². The molecule has 2 atom stereocenters. The minimum absolute atomic E-state index is 0. The average molecular weight is 723 g/mol. The van der Waals surface area contributed by atoms with Crippen molar-refractivity contribution in [3.63, 3.8) is 0 Å². The fourth-order valence-corrected chi connectivity index (χ4v) is 9.03. The average Bonchev–Trinajstić information content (AvgIpc) is 3.37. The molecule has 2 amide bonds. The molecule has 0 saturated carbocycles. The summed E-state index contributed by atoms with van der Waals surface area (Å²) in [6.07, 6.45) is 0. The summed E-state index contributed by atoms with van der Waals surface area (Å²) in [5, 5.41) is 39.5. The van der Waals surface area contributed by atoms with Gasteiger partial charge in [0.15, 0.2) is 27.8 Å². The number of benzene rings is 1. The van der Waals surface area contributed by atoms with Gasteiger partial charge in [0.25, 0.3) is 11.8 Å². The first-order valence-electron chi connectivity index (χ1n) is 11.3. The number of carbonyl (C=O) groups excluding carboxylic acids is 3. The van der Waals surface area contributed by atoms with Gasteiger partial charge in [-0.05, 0) is 27.6 Å². The number of hydrogen-bond acceptors (Lipinski definition) is 15. The number of hydrogen-bond donors (Lipinski definition) is 4. The maximum absolute atomic E-state index is 13.0. The smallest absolute Gasteiger partial charge is 0.543 e. The number of carboxylic acid groups (broad SMARTS) is 1. The Morgan fingerprint density at radius 1 is 1.36 bits per heavy atom. The van der Waals surface area contributed by atoms with Crippen LogP contribution in [0, 0.1) is 0 Å². The number of anilines is 1. The molecule has 1 fully saturated rings. The molecule has 0 bridgehead atoms. The Morgan fingerprint density at radius 2 is 2.10 bits per heavy atom. The van der Waals surface area contributed by atoms with Gasteiger partial charge in [-0.3, -0.25) is 19.3 Å². The zero-order valence-electron chi connectivity index (χ0n) is 21.6. The van der Waals surface area contributed by atoms with E-state index in [0.29, 0.717) is 14.5 Å².